The van der Waals surface area contributed by atoms with E-state index in [-0.39, 0.29) is 22.7 Å². The van der Waals surface area contributed by atoms with Crippen LogP contribution in [-0.4, -0.2) is 25.0 Å². The van der Waals surface area contributed by atoms with E-state index >= 15 is 0 Å². The Labute approximate surface area is 171 Å². The largest absolute Gasteiger partial charge is 0.483 e. The molecule has 2 N–H and O–H groups in total. The highest BCUT2D eigenvalue weighted by atomic mass is 19.3. The van der Waals surface area contributed by atoms with Gasteiger partial charge in [-0.15, -0.1) is 0 Å². The van der Waals surface area contributed by atoms with Crippen LogP contribution in [0.15, 0.2) is 78.9 Å². The summed E-state index contributed by atoms with van der Waals surface area (Å²) in [6.45, 7) is -3.45. The van der Waals surface area contributed by atoms with Crippen LogP contribution in [0.5, 0.6) is 11.5 Å². The molecule has 3 rings (SSSR count). The number of nitrogens with one attached hydrogen (secondary N) is 2. The number of anilines is 2. The summed E-state index contributed by atoms with van der Waals surface area (Å²) in [6.07, 6.45) is 0. The second-order valence-corrected chi connectivity index (χ2v) is 6.03. The number of rotatable bonds is 8. The third kappa shape index (κ3) is 5.78. The summed E-state index contributed by atoms with van der Waals surface area (Å²) in [6, 6.07) is 21.2. The van der Waals surface area contributed by atoms with Crippen LogP contribution in [0.25, 0.3) is 0 Å². The van der Waals surface area contributed by atoms with Crippen molar-refractivity contribution >= 4 is 23.2 Å². The Morgan fingerprint density at radius 3 is 2.17 bits per heavy atom. The highest BCUT2D eigenvalue weighted by Crippen LogP contribution is 2.25. The molecule has 0 bridgehead atoms. The summed E-state index contributed by atoms with van der Waals surface area (Å²) in [5.74, 6) is -0.951. The van der Waals surface area contributed by atoms with Crippen molar-refractivity contribution in [1.29, 1.82) is 0 Å². The Hall–Kier alpha value is -3.94. The monoisotopic (exact) mass is 412 g/mol. The lowest BCUT2D eigenvalue weighted by Crippen LogP contribution is -2.22. The van der Waals surface area contributed by atoms with Gasteiger partial charge in [-0.25, -0.2) is 0 Å². The Kier molecular flexibility index (Phi) is 6.94. The number of para-hydroxylation sites is 4. The lowest BCUT2D eigenvalue weighted by Gasteiger charge is -2.13. The minimum absolute atomic E-state index is 0.0847. The molecule has 0 aromatic heterocycles. The Balaban J connectivity index is 1.64. The number of hydrogen-bond acceptors (Lipinski definition) is 4. The molecule has 0 radical (unpaired) electrons. The van der Waals surface area contributed by atoms with Gasteiger partial charge in [0, 0.05) is 5.69 Å². The fraction of sp³-hybridized carbons (Fsp3) is 0.0909. The molecule has 8 heteroatoms. The molecule has 0 aliphatic rings. The van der Waals surface area contributed by atoms with Crippen LogP contribution in [0.1, 0.15) is 10.4 Å². The quantitative estimate of drug-likeness (QED) is 0.569. The number of hydrogen-bond donors (Lipinski definition) is 2. The van der Waals surface area contributed by atoms with Crippen LogP contribution in [0.3, 0.4) is 0 Å². The second kappa shape index (κ2) is 10.0. The molecule has 0 aliphatic heterocycles. The normalized spacial score (nSPS) is 10.4. The van der Waals surface area contributed by atoms with E-state index in [0.717, 1.165) is 0 Å². The van der Waals surface area contributed by atoms with E-state index in [4.69, 9.17) is 4.74 Å². The molecule has 0 saturated carbocycles. The molecule has 154 valence electrons. The van der Waals surface area contributed by atoms with Gasteiger partial charge in [0.25, 0.3) is 11.8 Å². The average Bonchev–Trinajstić information content (AvgIpc) is 2.74. The highest BCUT2D eigenvalue weighted by molar-refractivity contribution is 6.06. The molecule has 0 spiro atoms. The first-order valence-electron chi connectivity index (χ1n) is 8.95. The van der Waals surface area contributed by atoms with Crippen LogP contribution < -0.4 is 20.1 Å². The number of halogens is 2. The van der Waals surface area contributed by atoms with Gasteiger partial charge in [-0.3, -0.25) is 9.59 Å². The van der Waals surface area contributed by atoms with E-state index in [1.807, 2.05) is 6.07 Å². The molecule has 2 amide bonds. The van der Waals surface area contributed by atoms with Crippen LogP contribution in [0, 0.1) is 0 Å². The van der Waals surface area contributed by atoms with E-state index in [0.29, 0.717) is 5.69 Å². The SMILES string of the molecule is O=C(COc1ccccc1C(=O)Nc1ccccc1)Nc1ccccc1OC(F)F. The zero-order valence-corrected chi connectivity index (χ0v) is 15.7. The number of carbonyl (C=O) groups is 2. The summed E-state index contributed by atoms with van der Waals surface area (Å²) < 4.78 is 34.8. The van der Waals surface area contributed by atoms with Gasteiger partial charge < -0.3 is 20.1 Å². The smallest absolute Gasteiger partial charge is 0.387 e. The molecule has 0 saturated heterocycles. The Morgan fingerprint density at radius 2 is 1.43 bits per heavy atom. The first-order chi connectivity index (χ1) is 14.5. The van der Waals surface area contributed by atoms with Crippen molar-refractivity contribution in [3.63, 3.8) is 0 Å². The third-order valence-electron chi connectivity index (χ3n) is 3.90. The summed E-state index contributed by atoms with van der Waals surface area (Å²) in [4.78, 5) is 24.8. The van der Waals surface area contributed by atoms with Crippen molar-refractivity contribution in [2.24, 2.45) is 0 Å². The van der Waals surface area contributed by atoms with E-state index in [9.17, 15) is 18.4 Å². The van der Waals surface area contributed by atoms with Crippen LogP contribution in [-0.2, 0) is 4.79 Å². The molecule has 0 unspecified atom stereocenters. The van der Waals surface area contributed by atoms with Crippen molar-refractivity contribution in [3.8, 4) is 11.5 Å². The number of amides is 2. The van der Waals surface area contributed by atoms with Crippen LogP contribution in [0.2, 0.25) is 0 Å². The lowest BCUT2D eigenvalue weighted by atomic mass is 10.2. The molecule has 0 fully saturated rings. The Bertz CT molecular complexity index is 1010. The van der Waals surface area contributed by atoms with Crippen molar-refractivity contribution in [2.45, 2.75) is 6.61 Å². The first-order valence-corrected chi connectivity index (χ1v) is 8.95. The molecular formula is C22H18F2N2O4. The van der Waals surface area contributed by atoms with Crippen molar-refractivity contribution < 1.29 is 27.8 Å². The van der Waals surface area contributed by atoms with E-state index < -0.39 is 25.0 Å². The van der Waals surface area contributed by atoms with Gasteiger partial charge in [0.2, 0.25) is 0 Å². The highest BCUT2D eigenvalue weighted by Gasteiger charge is 2.15. The van der Waals surface area contributed by atoms with Gasteiger partial charge in [0.1, 0.15) is 11.5 Å². The van der Waals surface area contributed by atoms with Gasteiger partial charge in [0.15, 0.2) is 6.61 Å². The molecular weight excluding hydrogens is 394 g/mol. The number of ether oxygens (including phenoxy) is 2. The predicted octanol–water partition coefficient (Wildman–Crippen LogP) is 4.56. The van der Waals surface area contributed by atoms with Crippen molar-refractivity contribution in [2.75, 3.05) is 17.2 Å². The van der Waals surface area contributed by atoms with Crippen LogP contribution in [0.4, 0.5) is 20.2 Å². The van der Waals surface area contributed by atoms with E-state index in [1.54, 1.807) is 54.6 Å². The Morgan fingerprint density at radius 1 is 0.800 bits per heavy atom. The molecule has 0 atom stereocenters. The second-order valence-electron chi connectivity index (χ2n) is 6.03. The number of benzene rings is 3. The maximum absolute atomic E-state index is 12.5. The zero-order chi connectivity index (χ0) is 21.3. The van der Waals surface area contributed by atoms with Gasteiger partial charge in [0.05, 0.1) is 11.3 Å². The lowest BCUT2D eigenvalue weighted by molar-refractivity contribution is -0.118. The van der Waals surface area contributed by atoms with E-state index in [2.05, 4.69) is 15.4 Å². The minimum atomic E-state index is -3.02. The topological polar surface area (TPSA) is 76.7 Å². The summed E-state index contributed by atoms with van der Waals surface area (Å²) in [5.41, 5.74) is 0.947. The molecule has 3 aromatic rings. The average molecular weight is 412 g/mol. The molecule has 30 heavy (non-hydrogen) atoms. The zero-order valence-electron chi connectivity index (χ0n) is 15.7. The summed E-state index contributed by atoms with van der Waals surface area (Å²) in [5, 5.41) is 5.20. The summed E-state index contributed by atoms with van der Waals surface area (Å²) in [7, 11) is 0. The standard InChI is InChI=1S/C22H18F2N2O4/c23-22(24)30-19-13-7-5-11-17(19)26-20(27)14-29-18-12-6-4-10-16(18)21(28)25-15-8-2-1-3-9-15/h1-13,22H,14H2,(H,25,28)(H,26,27). The first kappa shape index (κ1) is 20.8. The van der Waals surface area contributed by atoms with Gasteiger partial charge in [-0.05, 0) is 36.4 Å². The molecule has 0 heterocycles. The number of carbonyl (C=O) groups excluding carboxylic acids is 2. The molecule has 6 nitrogen and oxygen atoms in total. The molecule has 0 aliphatic carbocycles. The fourth-order valence-electron chi connectivity index (χ4n) is 2.60. The molecule has 3 aromatic carbocycles. The van der Waals surface area contributed by atoms with Crippen molar-refractivity contribution in [3.05, 3.63) is 84.4 Å². The van der Waals surface area contributed by atoms with E-state index in [1.165, 1.54) is 18.2 Å². The maximum atomic E-state index is 12.5. The van der Waals surface area contributed by atoms with Crippen molar-refractivity contribution in [1.82, 2.24) is 0 Å². The maximum Gasteiger partial charge on any atom is 0.387 e. The minimum Gasteiger partial charge on any atom is -0.483 e. The summed E-state index contributed by atoms with van der Waals surface area (Å²) >= 11 is 0. The van der Waals surface area contributed by atoms with Gasteiger partial charge in [-0.2, -0.15) is 8.78 Å². The fourth-order valence-corrected chi connectivity index (χ4v) is 2.60. The number of alkyl halides is 2. The van der Waals surface area contributed by atoms with Gasteiger partial charge >= 0.3 is 6.61 Å². The predicted molar refractivity (Wildman–Crippen MR) is 108 cm³/mol. The van der Waals surface area contributed by atoms with Crippen LogP contribution >= 0.6 is 0 Å². The third-order valence-corrected chi connectivity index (χ3v) is 3.90. The van der Waals surface area contributed by atoms with Gasteiger partial charge in [-0.1, -0.05) is 42.5 Å².